The van der Waals surface area contributed by atoms with Crippen molar-refractivity contribution in [3.8, 4) is 10.6 Å². The molecular weight excluding hydrogens is 534 g/mol. The Morgan fingerprint density at radius 1 is 1.12 bits per heavy atom. The highest BCUT2D eigenvalue weighted by molar-refractivity contribution is 7.22. The number of alkyl carbamates (subject to hydrolysis) is 1. The van der Waals surface area contributed by atoms with E-state index in [-0.39, 0.29) is 18.6 Å². The van der Waals surface area contributed by atoms with E-state index in [0.29, 0.717) is 18.7 Å². The third kappa shape index (κ3) is 5.72. The number of likely N-dealkylation sites (tertiary alicyclic amines) is 1. The summed E-state index contributed by atoms with van der Waals surface area (Å²) in [7, 11) is 0. The van der Waals surface area contributed by atoms with Gasteiger partial charge in [0.1, 0.15) is 5.60 Å². The number of piperidine rings is 1. The monoisotopic (exact) mass is 573 g/mol. The molecule has 8 heteroatoms. The van der Waals surface area contributed by atoms with Crippen molar-refractivity contribution in [3.63, 3.8) is 0 Å². The van der Waals surface area contributed by atoms with Gasteiger partial charge in [-0.3, -0.25) is 4.79 Å². The minimum atomic E-state index is -0.575. The molecular formula is C33H39N3O4S. The molecule has 1 saturated carbocycles. The smallest absolute Gasteiger partial charge is 0.407 e. The number of aromatic nitrogens is 1. The first-order valence-electron chi connectivity index (χ1n) is 14.7. The van der Waals surface area contributed by atoms with Crippen LogP contribution in [0.25, 0.3) is 31.6 Å². The molecule has 2 aliphatic rings. The van der Waals surface area contributed by atoms with Crippen LogP contribution in [0.4, 0.5) is 4.79 Å². The number of para-hydroxylation sites is 1. The normalized spacial score (nSPS) is 17.8. The van der Waals surface area contributed by atoms with Gasteiger partial charge < -0.3 is 24.6 Å². The van der Waals surface area contributed by atoms with E-state index in [2.05, 4.69) is 47.1 Å². The number of rotatable bonds is 6. The van der Waals surface area contributed by atoms with Crippen molar-refractivity contribution < 1.29 is 19.4 Å². The Morgan fingerprint density at radius 2 is 1.90 bits per heavy atom. The number of carbonyl (C=O) groups is 2. The van der Waals surface area contributed by atoms with Crippen molar-refractivity contribution in [3.05, 3.63) is 59.2 Å². The molecule has 0 radical (unpaired) electrons. The van der Waals surface area contributed by atoms with Gasteiger partial charge >= 0.3 is 6.09 Å². The number of amides is 2. The largest absolute Gasteiger partial charge is 0.444 e. The molecule has 2 aromatic carbocycles. The molecule has 1 saturated heterocycles. The molecule has 41 heavy (non-hydrogen) atoms. The minimum absolute atomic E-state index is 0.0762. The second-order valence-corrected chi connectivity index (χ2v) is 13.7. The fourth-order valence-corrected chi connectivity index (χ4v) is 7.38. The zero-order valence-corrected chi connectivity index (χ0v) is 25.1. The van der Waals surface area contributed by atoms with Crippen LogP contribution in [-0.4, -0.2) is 51.3 Å². The summed E-state index contributed by atoms with van der Waals surface area (Å²) < 4.78 is 8.89. The maximum Gasteiger partial charge on any atom is 0.407 e. The quantitative estimate of drug-likeness (QED) is 0.264. The van der Waals surface area contributed by atoms with Crippen molar-refractivity contribution in [1.29, 1.82) is 0 Å². The summed E-state index contributed by atoms with van der Waals surface area (Å²) in [5.41, 5.74) is 4.38. The Kier molecular flexibility index (Phi) is 7.32. The molecule has 2 fully saturated rings. The van der Waals surface area contributed by atoms with Crippen molar-refractivity contribution >= 4 is 44.3 Å². The highest BCUT2D eigenvalue weighted by Crippen LogP contribution is 2.43. The van der Waals surface area contributed by atoms with Gasteiger partial charge in [0.15, 0.2) is 0 Å². The molecule has 1 aliphatic carbocycles. The first-order chi connectivity index (χ1) is 19.6. The van der Waals surface area contributed by atoms with E-state index in [1.807, 2.05) is 37.8 Å². The number of nitrogens with zero attached hydrogens (tertiary/aromatic N) is 2. The van der Waals surface area contributed by atoms with Crippen LogP contribution in [0.1, 0.15) is 67.9 Å². The van der Waals surface area contributed by atoms with E-state index >= 15 is 0 Å². The number of aliphatic hydroxyl groups excluding tert-OH is 1. The predicted molar refractivity (Wildman–Crippen MR) is 164 cm³/mol. The summed E-state index contributed by atoms with van der Waals surface area (Å²) in [5, 5.41) is 15.6. The molecule has 1 unspecified atom stereocenters. The second kappa shape index (κ2) is 10.8. The van der Waals surface area contributed by atoms with Crippen molar-refractivity contribution in [1.82, 2.24) is 14.8 Å². The predicted octanol–water partition coefficient (Wildman–Crippen LogP) is 6.86. The molecule has 2 aromatic heterocycles. The first-order valence-corrected chi connectivity index (χ1v) is 15.5. The lowest BCUT2D eigenvalue weighted by Gasteiger charge is -2.33. The van der Waals surface area contributed by atoms with Gasteiger partial charge in [0, 0.05) is 52.2 Å². The van der Waals surface area contributed by atoms with Gasteiger partial charge in [0.2, 0.25) is 0 Å². The molecule has 2 N–H and O–H groups in total. The van der Waals surface area contributed by atoms with Crippen LogP contribution < -0.4 is 5.32 Å². The van der Waals surface area contributed by atoms with E-state index in [1.54, 1.807) is 11.3 Å². The fraction of sp³-hybridized carbons (Fsp3) is 0.455. The first kappa shape index (κ1) is 27.8. The van der Waals surface area contributed by atoms with E-state index in [1.165, 1.54) is 34.3 Å². The van der Waals surface area contributed by atoms with E-state index in [4.69, 9.17) is 4.74 Å². The summed E-state index contributed by atoms with van der Waals surface area (Å²) in [6.07, 6.45) is 3.70. The van der Waals surface area contributed by atoms with Crippen molar-refractivity contribution in [2.24, 2.45) is 5.92 Å². The maximum atomic E-state index is 13.7. The number of nitrogens with one attached hydrogen (secondary N) is 1. The fourth-order valence-electron chi connectivity index (χ4n) is 6.06. The average Bonchev–Trinajstić information content (AvgIpc) is 3.60. The van der Waals surface area contributed by atoms with Crippen molar-refractivity contribution in [2.45, 2.75) is 78.2 Å². The standard InChI is InChI=1S/C33H39N3O4S/c1-20-29-24(19-37)14-23(31(38)35-13-7-9-25(18-35)34-32(39)40-33(2,3)4)16-28(29)41-30(20)27-15-22-8-5-6-10-26(22)36(27)17-21-11-12-21/h5-6,8,10,14-16,21,25,37H,7,9,11-13,17-19H2,1-4H3,(H,34,39). The zero-order valence-electron chi connectivity index (χ0n) is 24.3. The van der Waals surface area contributed by atoms with Gasteiger partial charge in [-0.1, -0.05) is 18.2 Å². The van der Waals surface area contributed by atoms with Crippen LogP contribution in [0.3, 0.4) is 0 Å². The number of benzene rings is 2. The number of hydrogen-bond acceptors (Lipinski definition) is 5. The van der Waals surface area contributed by atoms with Crippen molar-refractivity contribution in [2.75, 3.05) is 13.1 Å². The van der Waals surface area contributed by atoms with Gasteiger partial charge in [-0.25, -0.2) is 4.79 Å². The third-order valence-electron chi connectivity index (χ3n) is 8.14. The van der Waals surface area contributed by atoms with Crippen LogP contribution in [0, 0.1) is 12.8 Å². The number of hydrogen-bond donors (Lipinski definition) is 2. The molecule has 216 valence electrons. The van der Waals surface area contributed by atoms with Gasteiger partial charge in [-0.05, 0) is 94.7 Å². The Bertz CT molecular complexity index is 1620. The SMILES string of the molecule is Cc1c(-c2cc3ccccc3n2CC2CC2)sc2cc(C(=O)N3CCCC(NC(=O)OC(C)(C)C)C3)cc(CO)c12. The lowest BCUT2D eigenvalue weighted by Crippen LogP contribution is -2.50. The Labute approximate surface area is 245 Å². The number of aliphatic hydroxyl groups is 1. The number of aryl methyl sites for hydroxylation is 1. The third-order valence-corrected chi connectivity index (χ3v) is 9.40. The van der Waals surface area contributed by atoms with Crippen LogP contribution in [0.5, 0.6) is 0 Å². The summed E-state index contributed by atoms with van der Waals surface area (Å²) in [6, 6.07) is 14.5. The number of thiophene rings is 1. The molecule has 4 aromatic rings. The lowest BCUT2D eigenvalue weighted by molar-refractivity contribution is 0.0452. The van der Waals surface area contributed by atoms with Crippen LogP contribution in [-0.2, 0) is 17.9 Å². The lowest BCUT2D eigenvalue weighted by atomic mass is 10.00. The topological polar surface area (TPSA) is 83.8 Å². The van der Waals surface area contributed by atoms with Crippen LogP contribution >= 0.6 is 11.3 Å². The molecule has 6 rings (SSSR count). The summed E-state index contributed by atoms with van der Waals surface area (Å²) in [6.45, 7) is 9.58. The summed E-state index contributed by atoms with van der Waals surface area (Å²) in [4.78, 5) is 29.1. The highest BCUT2D eigenvalue weighted by Gasteiger charge is 2.29. The summed E-state index contributed by atoms with van der Waals surface area (Å²) >= 11 is 1.70. The van der Waals surface area contributed by atoms with Crippen LogP contribution in [0.2, 0.25) is 0 Å². The number of ether oxygens (including phenoxy) is 1. The zero-order chi connectivity index (χ0) is 28.9. The number of carbonyl (C=O) groups excluding carboxylic acids is 2. The molecule has 3 heterocycles. The molecule has 1 atom stereocenters. The van der Waals surface area contributed by atoms with Gasteiger partial charge in [-0.2, -0.15) is 0 Å². The minimum Gasteiger partial charge on any atom is -0.444 e. The Hall–Kier alpha value is -3.36. The second-order valence-electron chi connectivity index (χ2n) is 12.6. The Morgan fingerprint density at radius 3 is 2.63 bits per heavy atom. The van der Waals surface area contributed by atoms with E-state index in [0.717, 1.165) is 46.5 Å². The van der Waals surface area contributed by atoms with E-state index < -0.39 is 11.7 Å². The van der Waals surface area contributed by atoms with Gasteiger partial charge in [0.05, 0.1) is 17.2 Å². The average molecular weight is 574 g/mol. The maximum absolute atomic E-state index is 13.7. The molecule has 2 amide bonds. The molecule has 7 nitrogen and oxygen atoms in total. The highest BCUT2D eigenvalue weighted by atomic mass is 32.1. The van der Waals surface area contributed by atoms with Gasteiger partial charge in [-0.15, -0.1) is 11.3 Å². The molecule has 0 spiro atoms. The molecule has 1 aliphatic heterocycles. The molecule has 0 bridgehead atoms. The Balaban J connectivity index is 1.31. The van der Waals surface area contributed by atoms with Crippen LogP contribution in [0.15, 0.2) is 42.5 Å². The van der Waals surface area contributed by atoms with E-state index in [9.17, 15) is 14.7 Å². The number of fused-ring (bicyclic) bond motifs is 2. The van der Waals surface area contributed by atoms with Gasteiger partial charge in [0.25, 0.3) is 5.91 Å². The summed E-state index contributed by atoms with van der Waals surface area (Å²) in [5.74, 6) is 0.655.